The van der Waals surface area contributed by atoms with E-state index < -0.39 is 0 Å². The molecule has 2 heterocycles. The summed E-state index contributed by atoms with van der Waals surface area (Å²) >= 11 is 0. The summed E-state index contributed by atoms with van der Waals surface area (Å²) in [6, 6.07) is 6.96. The van der Waals surface area contributed by atoms with E-state index >= 15 is 0 Å². The number of imidazole rings is 1. The number of hydrogen-bond donors (Lipinski definition) is 1. The van der Waals surface area contributed by atoms with E-state index in [1.165, 1.54) is 0 Å². The van der Waals surface area contributed by atoms with Gasteiger partial charge < -0.3 is 5.32 Å². The highest BCUT2D eigenvalue weighted by atomic mass is 16.3. The van der Waals surface area contributed by atoms with E-state index in [-0.39, 0.29) is 0 Å². The van der Waals surface area contributed by atoms with Crippen LogP contribution in [0.2, 0.25) is 0 Å². The van der Waals surface area contributed by atoms with Crippen molar-refractivity contribution in [2.24, 2.45) is 5.18 Å². The second-order valence-electron chi connectivity index (χ2n) is 4.06. The molecule has 94 valence electrons. The van der Waals surface area contributed by atoms with Crippen LogP contribution in [0.3, 0.4) is 0 Å². The number of nitroso groups, excluding NO2 is 1. The standard InChI is InChI=1S/C13H11N5O/c1-14-11-6-15-13-16-12(8-18(13)7-11)9-2-4-10(17-19)5-3-9/h2-8,14H,1H3. The maximum Gasteiger partial charge on any atom is 0.234 e. The Balaban J connectivity index is 2.06. The fraction of sp³-hybridized carbons (Fsp3) is 0.0769. The third-order valence-electron chi connectivity index (χ3n) is 2.87. The van der Waals surface area contributed by atoms with Crippen molar-refractivity contribution < 1.29 is 0 Å². The van der Waals surface area contributed by atoms with Gasteiger partial charge in [-0.1, -0.05) is 12.1 Å². The molecule has 1 N–H and O–H groups in total. The quantitative estimate of drug-likeness (QED) is 0.728. The fourth-order valence-corrected chi connectivity index (χ4v) is 1.85. The zero-order chi connectivity index (χ0) is 13.2. The number of anilines is 1. The first-order valence-electron chi connectivity index (χ1n) is 5.76. The van der Waals surface area contributed by atoms with Crippen molar-refractivity contribution in [1.29, 1.82) is 0 Å². The lowest BCUT2D eigenvalue weighted by molar-refractivity contribution is 1.11. The molecule has 0 amide bonds. The van der Waals surface area contributed by atoms with E-state index in [9.17, 15) is 4.91 Å². The number of benzene rings is 1. The minimum absolute atomic E-state index is 0.406. The summed E-state index contributed by atoms with van der Waals surface area (Å²) in [6.45, 7) is 0. The molecular formula is C13H11N5O. The Hall–Kier alpha value is -2.76. The summed E-state index contributed by atoms with van der Waals surface area (Å²) in [7, 11) is 1.84. The molecule has 1 aromatic carbocycles. The zero-order valence-corrected chi connectivity index (χ0v) is 10.2. The lowest BCUT2D eigenvalue weighted by Gasteiger charge is -1.98. The van der Waals surface area contributed by atoms with Gasteiger partial charge in [-0.2, -0.15) is 0 Å². The second-order valence-corrected chi connectivity index (χ2v) is 4.06. The first kappa shape index (κ1) is 11.3. The third kappa shape index (κ3) is 2.03. The van der Waals surface area contributed by atoms with Gasteiger partial charge in [-0.3, -0.25) is 4.40 Å². The highest BCUT2D eigenvalue weighted by Gasteiger charge is 2.05. The van der Waals surface area contributed by atoms with Crippen LogP contribution in [0.4, 0.5) is 11.4 Å². The minimum Gasteiger partial charge on any atom is -0.386 e. The Bertz CT molecular complexity index is 732. The fourth-order valence-electron chi connectivity index (χ4n) is 1.85. The number of nitrogens with one attached hydrogen (secondary N) is 1. The lowest BCUT2D eigenvalue weighted by Crippen LogP contribution is -1.93. The molecular weight excluding hydrogens is 242 g/mol. The van der Waals surface area contributed by atoms with E-state index in [1.54, 1.807) is 18.3 Å². The average Bonchev–Trinajstić information content (AvgIpc) is 2.90. The Kier molecular flexibility index (Phi) is 2.68. The van der Waals surface area contributed by atoms with Crippen molar-refractivity contribution in [3.05, 3.63) is 47.8 Å². The predicted octanol–water partition coefficient (Wildman–Crippen LogP) is 2.84. The molecule has 0 atom stereocenters. The highest BCUT2D eigenvalue weighted by Crippen LogP contribution is 2.22. The van der Waals surface area contributed by atoms with E-state index in [2.05, 4.69) is 20.5 Å². The molecule has 0 unspecified atom stereocenters. The predicted molar refractivity (Wildman–Crippen MR) is 73.4 cm³/mol. The molecule has 6 nitrogen and oxygen atoms in total. The average molecular weight is 253 g/mol. The van der Waals surface area contributed by atoms with Crippen molar-refractivity contribution in [3.63, 3.8) is 0 Å². The van der Waals surface area contributed by atoms with Gasteiger partial charge in [-0.15, -0.1) is 4.91 Å². The molecule has 0 saturated heterocycles. The molecule has 19 heavy (non-hydrogen) atoms. The highest BCUT2D eigenvalue weighted by molar-refractivity contribution is 5.64. The summed E-state index contributed by atoms with van der Waals surface area (Å²) in [5, 5.41) is 5.90. The van der Waals surface area contributed by atoms with Gasteiger partial charge in [0.1, 0.15) is 5.69 Å². The summed E-state index contributed by atoms with van der Waals surface area (Å²) in [5.74, 6) is 0.631. The summed E-state index contributed by atoms with van der Waals surface area (Å²) in [4.78, 5) is 19.1. The maximum absolute atomic E-state index is 10.4. The molecule has 0 fully saturated rings. The van der Waals surface area contributed by atoms with Crippen LogP contribution in [-0.4, -0.2) is 21.4 Å². The van der Waals surface area contributed by atoms with E-state index in [4.69, 9.17) is 0 Å². The first-order chi connectivity index (χ1) is 9.30. The topological polar surface area (TPSA) is 71.7 Å². The van der Waals surface area contributed by atoms with Gasteiger partial charge in [-0.25, -0.2) is 9.97 Å². The Morgan fingerprint density at radius 3 is 2.68 bits per heavy atom. The van der Waals surface area contributed by atoms with Crippen LogP contribution in [-0.2, 0) is 0 Å². The van der Waals surface area contributed by atoms with E-state index in [0.717, 1.165) is 16.9 Å². The van der Waals surface area contributed by atoms with Crippen molar-refractivity contribution >= 4 is 17.2 Å². The van der Waals surface area contributed by atoms with Crippen molar-refractivity contribution in [3.8, 4) is 11.3 Å². The van der Waals surface area contributed by atoms with Crippen molar-refractivity contribution in [2.45, 2.75) is 0 Å². The van der Waals surface area contributed by atoms with Crippen molar-refractivity contribution in [2.75, 3.05) is 12.4 Å². The monoisotopic (exact) mass is 253 g/mol. The van der Waals surface area contributed by atoms with Crippen LogP contribution in [0.15, 0.2) is 48.0 Å². The minimum atomic E-state index is 0.406. The van der Waals surface area contributed by atoms with Gasteiger partial charge in [0.25, 0.3) is 0 Å². The third-order valence-corrected chi connectivity index (χ3v) is 2.87. The molecule has 0 radical (unpaired) electrons. The zero-order valence-electron chi connectivity index (χ0n) is 10.2. The molecule has 3 aromatic rings. The Morgan fingerprint density at radius 1 is 1.21 bits per heavy atom. The molecule has 3 rings (SSSR count). The molecule has 0 bridgehead atoms. The number of hydrogen-bond acceptors (Lipinski definition) is 5. The summed E-state index contributed by atoms with van der Waals surface area (Å²) < 4.78 is 1.85. The molecule has 0 aliphatic carbocycles. The largest absolute Gasteiger partial charge is 0.386 e. The van der Waals surface area contributed by atoms with Gasteiger partial charge in [0.2, 0.25) is 5.78 Å². The smallest absolute Gasteiger partial charge is 0.234 e. The second kappa shape index (κ2) is 4.49. The number of rotatable bonds is 3. The SMILES string of the molecule is CNc1cnc2nc(-c3ccc(N=O)cc3)cn2c1. The van der Waals surface area contributed by atoms with E-state index in [0.29, 0.717) is 11.5 Å². The van der Waals surface area contributed by atoms with E-state index in [1.807, 2.05) is 36.0 Å². The number of nitrogens with zero attached hydrogens (tertiary/aromatic N) is 4. The molecule has 0 aliphatic heterocycles. The summed E-state index contributed by atoms with van der Waals surface area (Å²) in [6.07, 6.45) is 5.54. The normalized spacial score (nSPS) is 10.6. The van der Waals surface area contributed by atoms with Crippen LogP contribution >= 0.6 is 0 Å². The first-order valence-corrected chi connectivity index (χ1v) is 5.76. The molecule has 6 heteroatoms. The number of aromatic nitrogens is 3. The van der Waals surface area contributed by atoms with Gasteiger partial charge >= 0.3 is 0 Å². The molecule has 0 saturated carbocycles. The van der Waals surface area contributed by atoms with Gasteiger partial charge in [0.15, 0.2) is 0 Å². The number of fused-ring (bicyclic) bond motifs is 1. The summed E-state index contributed by atoms with van der Waals surface area (Å²) in [5.41, 5.74) is 3.04. The Morgan fingerprint density at radius 2 is 2.00 bits per heavy atom. The van der Waals surface area contributed by atoms with Crippen LogP contribution in [0, 0.1) is 4.91 Å². The van der Waals surface area contributed by atoms with Crippen LogP contribution in [0.25, 0.3) is 17.0 Å². The molecule has 2 aromatic heterocycles. The van der Waals surface area contributed by atoms with Gasteiger partial charge in [0, 0.05) is 25.0 Å². The van der Waals surface area contributed by atoms with Crippen molar-refractivity contribution in [1.82, 2.24) is 14.4 Å². The van der Waals surface area contributed by atoms with Gasteiger partial charge in [-0.05, 0) is 17.3 Å². The van der Waals surface area contributed by atoms with Gasteiger partial charge in [0.05, 0.1) is 17.6 Å². The Labute approximate surface area is 109 Å². The van der Waals surface area contributed by atoms with Crippen LogP contribution < -0.4 is 5.32 Å². The lowest BCUT2D eigenvalue weighted by atomic mass is 10.1. The molecule has 0 spiro atoms. The maximum atomic E-state index is 10.4. The van der Waals surface area contributed by atoms with Crippen LogP contribution in [0.1, 0.15) is 0 Å². The molecule has 0 aliphatic rings. The van der Waals surface area contributed by atoms with Crippen LogP contribution in [0.5, 0.6) is 0 Å².